The highest BCUT2D eigenvalue weighted by molar-refractivity contribution is 5.85. The Balaban J connectivity index is 0.00000361. The summed E-state index contributed by atoms with van der Waals surface area (Å²) in [7, 11) is 0. The van der Waals surface area contributed by atoms with Gasteiger partial charge < -0.3 is 10.8 Å². The van der Waals surface area contributed by atoms with Crippen LogP contribution in [-0.2, 0) is 6.18 Å². The predicted molar refractivity (Wildman–Crippen MR) is 57.6 cm³/mol. The Bertz CT molecular complexity index is 460. The second-order valence-corrected chi connectivity index (χ2v) is 3.75. The summed E-state index contributed by atoms with van der Waals surface area (Å²) in [4.78, 5) is 0. The third-order valence-corrected chi connectivity index (χ3v) is 2.36. The molecule has 2 nitrogen and oxygen atoms in total. The fourth-order valence-corrected chi connectivity index (χ4v) is 1.35. The van der Waals surface area contributed by atoms with Crippen LogP contribution in [0.5, 0.6) is 0 Å². The van der Waals surface area contributed by atoms with Crippen LogP contribution in [0.15, 0.2) is 18.2 Å². The van der Waals surface area contributed by atoms with Gasteiger partial charge in [-0.25, -0.2) is 4.39 Å². The maximum atomic E-state index is 13.2. The van der Waals surface area contributed by atoms with Gasteiger partial charge in [0.1, 0.15) is 5.82 Å². The molecule has 0 saturated carbocycles. The minimum absolute atomic E-state index is 0. The lowest BCUT2D eigenvalue weighted by Crippen LogP contribution is -2.39. The van der Waals surface area contributed by atoms with E-state index in [1.807, 2.05) is 0 Å². The van der Waals surface area contributed by atoms with Gasteiger partial charge in [0.25, 0.3) is 0 Å². The van der Waals surface area contributed by atoms with Gasteiger partial charge in [0.2, 0.25) is 0 Å². The number of aliphatic hydroxyl groups excluding tert-OH is 1. The van der Waals surface area contributed by atoms with Crippen molar-refractivity contribution in [3.63, 3.8) is 0 Å². The summed E-state index contributed by atoms with van der Waals surface area (Å²) < 4.78 is 86.8. The van der Waals surface area contributed by atoms with Crippen LogP contribution >= 0.6 is 12.4 Å². The standard InChI is InChI=1S/C10H8F7NO.ClH/c11-6-2-1-4(9(12,13)14)3-5(6)7(18)8(19)10(15,16)17;/h1-3,7-8,19H,18H2;1H/t7-,8-;/m1./s1. The number of rotatable bonds is 2. The van der Waals surface area contributed by atoms with E-state index >= 15 is 0 Å². The van der Waals surface area contributed by atoms with Crippen LogP contribution in [0.4, 0.5) is 30.7 Å². The normalized spacial score (nSPS) is 15.4. The van der Waals surface area contributed by atoms with E-state index in [0.29, 0.717) is 12.1 Å². The summed E-state index contributed by atoms with van der Waals surface area (Å²) >= 11 is 0. The molecule has 2 atom stereocenters. The first kappa shape index (κ1) is 18.9. The van der Waals surface area contributed by atoms with Crippen LogP contribution in [-0.4, -0.2) is 17.4 Å². The molecule has 0 spiro atoms. The molecule has 0 fully saturated rings. The van der Waals surface area contributed by atoms with Crippen molar-refractivity contribution >= 4 is 12.4 Å². The highest BCUT2D eigenvalue weighted by Crippen LogP contribution is 2.34. The Morgan fingerprint density at radius 2 is 1.55 bits per heavy atom. The molecule has 0 aliphatic rings. The third-order valence-electron chi connectivity index (χ3n) is 2.36. The number of aliphatic hydroxyl groups is 1. The van der Waals surface area contributed by atoms with Gasteiger partial charge in [-0.3, -0.25) is 0 Å². The molecule has 0 radical (unpaired) electrons. The zero-order chi connectivity index (χ0) is 15.0. The third kappa shape index (κ3) is 4.22. The largest absolute Gasteiger partial charge is 0.416 e. The number of hydrogen-bond acceptors (Lipinski definition) is 2. The summed E-state index contributed by atoms with van der Waals surface area (Å²) in [6, 6.07) is -1.48. The molecule has 1 aromatic rings. The Morgan fingerprint density at radius 3 is 1.95 bits per heavy atom. The van der Waals surface area contributed by atoms with E-state index in [2.05, 4.69) is 0 Å². The zero-order valence-corrected chi connectivity index (χ0v) is 10.3. The molecule has 0 saturated heterocycles. The lowest BCUT2D eigenvalue weighted by molar-refractivity contribution is -0.210. The maximum absolute atomic E-state index is 13.2. The fourth-order valence-electron chi connectivity index (χ4n) is 1.35. The van der Waals surface area contributed by atoms with E-state index in [0.717, 1.165) is 0 Å². The number of alkyl halides is 6. The van der Waals surface area contributed by atoms with E-state index in [4.69, 9.17) is 10.8 Å². The molecule has 20 heavy (non-hydrogen) atoms. The Kier molecular flexibility index (Phi) is 5.82. The van der Waals surface area contributed by atoms with Crippen LogP contribution in [0, 0.1) is 5.82 Å². The lowest BCUT2D eigenvalue weighted by Gasteiger charge is -2.22. The molecule has 10 heteroatoms. The van der Waals surface area contributed by atoms with E-state index in [-0.39, 0.29) is 18.5 Å². The summed E-state index contributed by atoms with van der Waals surface area (Å²) in [5.41, 5.74) is 2.55. The van der Waals surface area contributed by atoms with Gasteiger partial charge in [-0.2, -0.15) is 26.3 Å². The van der Waals surface area contributed by atoms with E-state index < -0.39 is 41.4 Å². The average molecular weight is 328 g/mol. The summed E-state index contributed by atoms with van der Waals surface area (Å²) in [5.74, 6) is -1.36. The Hall–Kier alpha value is -1.06. The summed E-state index contributed by atoms with van der Waals surface area (Å²) in [6.07, 6.45) is -13.2. The van der Waals surface area contributed by atoms with Crippen LogP contribution in [0.25, 0.3) is 0 Å². The fraction of sp³-hybridized carbons (Fsp3) is 0.400. The van der Waals surface area contributed by atoms with Gasteiger partial charge in [0.15, 0.2) is 6.10 Å². The minimum Gasteiger partial charge on any atom is -0.382 e. The second-order valence-electron chi connectivity index (χ2n) is 3.75. The Labute approximate surface area is 114 Å². The van der Waals surface area contributed by atoms with E-state index in [9.17, 15) is 30.7 Å². The van der Waals surface area contributed by atoms with Crippen LogP contribution in [0.3, 0.4) is 0 Å². The summed E-state index contributed by atoms with van der Waals surface area (Å²) in [5, 5.41) is 8.83. The molecule has 0 bridgehead atoms. The van der Waals surface area contributed by atoms with Crippen LogP contribution < -0.4 is 5.73 Å². The smallest absolute Gasteiger partial charge is 0.382 e. The number of nitrogens with two attached hydrogens (primary N) is 1. The number of benzene rings is 1. The van der Waals surface area contributed by atoms with E-state index in [1.54, 1.807) is 0 Å². The van der Waals surface area contributed by atoms with Crippen molar-refractivity contribution in [3.8, 4) is 0 Å². The maximum Gasteiger partial charge on any atom is 0.416 e. The highest BCUT2D eigenvalue weighted by Gasteiger charge is 2.44. The minimum atomic E-state index is -5.17. The van der Waals surface area contributed by atoms with E-state index in [1.165, 1.54) is 0 Å². The molecule has 116 valence electrons. The van der Waals surface area contributed by atoms with Crippen molar-refractivity contribution in [2.45, 2.75) is 24.5 Å². The first-order valence-electron chi connectivity index (χ1n) is 4.81. The summed E-state index contributed by atoms with van der Waals surface area (Å²) in [6.45, 7) is 0. The molecule has 3 N–H and O–H groups in total. The van der Waals surface area contributed by atoms with Crippen LogP contribution in [0.2, 0.25) is 0 Å². The van der Waals surface area contributed by atoms with Gasteiger partial charge in [0.05, 0.1) is 11.6 Å². The molecule has 0 unspecified atom stereocenters. The first-order chi connectivity index (χ1) is 8.44. The van der Waals surface area contributed by atoms with Crippen molar-refractivity contribution in [3.05, 3.63) is 35.1 Å². The monoisotopic (exact) mass is 327 g/mol. The topological polar surface area (TPSA) is 46.2 Å². The molecular weight excluding hydrogens is 319 g/mol. The average Bonchev–Trinajstić information content (AvgIpc) is 2.25. The predicted octanol–water partition coefficient (Wildman–Crippen LogP) is 3.19. The molecule has 0 aliphatic heterocycles. The van der Waals surface area contributed by atoms with Gasteiger partial charge in [0, 0.05) is 5.56 Å². The molecule has 1 aromatic carbocycles. The molecule has 0 aromatic heterocycles. The molecule has 0 amide bonds. The number of hydrogen-bond donors (Lipinski definition) is 2. The highest BCUT2D eigenvalue weighted by atomic mass is 35.5. The zero-order valence-electron chi connectivity index (χ0n) is 9.47. The van der Waals surface area contributed by atoms with Gasteiger partial charge in [-0.1, -0.05) is 0 Å². The van der Waals surface area contributed by atoms with Gasteiger partial charge in [-0.15, -0.1) is 12.4 Å². The van der Waals surface area contributed by atoms with Gasteiger partial charge in [-0.05, 0) is 18.2 Å². The van der Waals surface area contributed by atoms with Crippen molar-refractivity contribution in [2.75, 3.05) is 0 Å². The van der Waals surface area contributed by atoms with Crippen molar-refractivity contribution in [1.82, 2.24) is 0 Å². The Morgan fingerprint density at radius 1 is 1.05 bits per heavy atom. The molecule has 1 rings (SSSR count). The van der Waals surface area contributed by atoms with Gasteiger partial charge >= 0.3 is 12.4 Å². The SMILES string of the molecule is Cl.N[C@H](c1cc(C(F)(F)F)ccc1F)[C@@H](O)C(F)(F)F. The second kappa shape index (κ2) is 6.15. The van der Waals surface area contributed by atoms with Crippen molar-refractivity contribution < 1.29 is 35.8 Å². The van der Waals surface area contributed by atoms with Crippen LogP contribution in [0.1, 0.15) is 17.2 Å². The molecule has 0 heterocycles. The lowest BCUT2D eigenvalue weighted by atomic mass is 9.99. The number of halogens is 8. The quantitative estimate of drug-likeness (QED) is 0.820. The first-order valence-corrected chi connectivity index (χ1v) is 4.81. The van der Waals surface area contributed by atoms with Crippen molar-refractivity contribution in [1.29, 1.82) is 0 Å². The molecule has 0 aliphatic carbocycles. The van der Waals surface area contributed by atoms with Crippen molar-refractivity contribution in [2.24, 2.45) is 5.73 Å². The molecular formula is C10H9ClF7NO.